The molecule has 0 aromatic heterocycles. The van der Waals surface area contributed by atoms with E-state index >= 15 is 0 Å². The summed E-state index contributed by atoms with van der Waals surface area (Å²) >= 11 is 1.01. The van der Waals surface area contributed by atoms with Crippen LogP contribution in [0.4, 0.5) is 0 Å². The Balaban J connectivity index is 1.68. The van der Waals surface area contributed by atoms with Gasteiger partial charge in [-0.05, 0) is 41.4 Å². The molecule has 2 aromatic rings. The molecule has 1 aliphatic heterocycles. The number of Topliss-reactive ketones (excluding diaryl/α,β-unsaturated/α-hetero) is 1. The lowest BCUT2D eigenvalue weighted by atomic mass is 10.0. The van der Waals surface area contributed by atoms with Crippen LogP contribution < -0.4 is 5.32 Å². The molecule has 0 spiro atoms. The lowest BCUT2D eigenvalue weighted by Gasteiger charge is -2.04. The predicted molar refractivity (Wildman–Crippen MR) is 113 cm³/mol. The number of carbonyl (C=O) groups is 3. The number of benzene rings is 2. The highest BCUT2D eigenvalue weighted by molar-refractivity contribution is 8.18. The van der Waals surface area contributed by atoms with Crippen LogP contribution in [0.3, 0.4) is 0 Å². The molecule has 8 heteroatoms. The van der Waals surface area contributed by atoms with Gasteiger partial charge in [-0.25, -0.2) is 4.79 Å². The first kappa shape index (κ1) is 20.2. The Morgan fingerprint density at radius 2 is 1.86 bits per heavy atom. The van der Waals surface area contributed by atoms with Crippen LogP contribution in [0.25, 0.3) is 11.1 Å². The summed E-state index contributed by atoms with van der Waals surface area (Å²) < 4.78 is 4.50. The molecule has 1 amide bonds. The number of methoxy groups -OCH3 is 1. The minimum absolute atomic E-state index is 0.0242. The van der Waals surface area contributed by atoms with Gasteiger partial charge >= 0.3 is 5.97 Å². The van der Waals surface area contributed by atoms with E-state index in [1.807, 2.05) is 42.5 Å². The van der Waals surface area contributed by atoms with Crippen molar-refractivity contribution >= 4 is 40.8 Å². The summed E-state index contributed by atoms with van der Waals surface area (Å²) in [4.78, 5) is 34.7. The van der Waals surface area contributed by atoms with Gasteiger partial charge in [-0.3, -0.25) is 14.9 Å². The molecule has 0 saturated carbocycles. The molecule has 1 aliphatic rings. The predicted octanol–water partition coefficient (Wildman–Crippen LogP) is 3.17. The summed E-state index contributed by atoms with van der Waals surface area (Å²) in [5.41, 5.74) is 3.42. The largest absolute Gasteiger partial charge is 0.466 e. The Morgan fingerprint density at radius 1 is 1.10 bits per heavy atom. The zero-order valence-electron chi connectivity index (χ0n) is 15.7. The molecule has 0 aliphatic carbocycles. The monoisotopic (exact) mass is 407 g/mol. The fraction of sp³-hybridized carbons (Fsp3) is 0.0952. The number of hydrogen-bond donors (Lipinski definition) is 1. The molecule has 1 saturated heterocycles. The quantitative estimate of drug-likeness (QED) is 0.270. The number of ketones is 1. The molecular formula is C21H17N3O4S. The second kappa shape index (κ2) is 9.11. The number of ether oxygens (including phenoxy) is 1. The first-order valence-corrected chi connectivity index (χ1v) is 9.39. The molecule has 29 heavy (non-hydrogen) atoms. The Morgan fingerprint density at radius 3 is 2.55 bits per heavy atom. The smallest absolute Gasteiger partial charge is 0.331 e. The van der Waals surface area contributed by atoms with E-state index in [1.54, 1.807) is 19.2 Å². The van der Waals surface area contributed by atoms with E-state index in [-0.39, 0.29) is 15.9 Å². The minimum atomic E-state index is -0.610. The molecular weight excluding hydrogens is 390 g/mol. The fourth-order valence-corrected chi connectivity index (χ4v) is 3.21. The van der Waals surface area contributed by atoms with Crippen molar-refractivity contribution in [2.24, 2.45) is 10.2 Å². The van der Waals surface area contributed by atoms with E-state index in [9.17, 15) is 14.4 Å². The van der Waals surface area contributed by atoms with Crippen LogP contribution in [-0.2, 0) is 14.3 Å². The van der Waals surface area contributed by atoms with E-state index in [0.29, 0.717) is 5.56 Å². The molecule has 0 unspecified atom stereocenters. The summed E-state index contributed by atoms with van der Waals surface area (Å²) in [6, 6.07) is 15.1. The van der Waals surface area contributed by atoms with Gasteiger partial charge in [0.25, 0.3) is 5.91 Å². The first-order chi connectivity index (χ1) is 14.0. The van der Waals surface area contributed by atoms with Crippen LogP contribution >= 0.6 is 11.8 Å². The van der Waals surface area contributed by atoms with Crippen molar-refractivity contribution in [2.75, 3.05) is 7.11 Å². The van der Waals surface area contributed by atoms with Gasteiger partial charge < -0.3 is 4.74 Å². The van der Waals surface area contributed by atoms with Gasteiger partial charge in [-0.1, -0.05) is 42.5 Å². The summed E-state index contributed by atoms with van der Waals surface area (Å²) in [5.74, 6) is -1.01. The standard InChI is InChI=1S/C21H17N3O4S/c1-13(25)16-4-3-5-17(10-16)15-8-6-14(7-9-15)12-22-24-21-23-20(27)18(29-21)11-19(26)28-2/h3-12H,1-2H3,(H,23,24,27)/b18-11+,22-12?. The summed E-state index contributed by atoms with van der Waals surface area (Å²) in [6.45, 7) is 1.54. The van der Waals surface area contributed by atoms with Crippen molar-refractivity contribution in [1.82, 2.24) is 5.32 Å². The number of nitrogens with zero attached hydrogens (tertiary/aromatic N) is 2. The molecule has 7 nitrogen and oxygen atoms in total. The van der Waals surface area contributed by atoms with Crippen LogP contribution in [0.1, 0.15) is 22.8 Å². The maximum Gasteiger partial charge on any atom is 0.331 e. The van der Waals surface area contributed by atoms with E-state index in [2.05, 4.69) is 20.3 Å². The van der Waals surface area contributed by atoms with Gasteiger partial charge in [0, 0.05) is 11.6 Å². The molecule has 1 N–H and O–H groups in total. The van der Waals surface area contributed by atoms with Crippen LogP contribution in [0, 0.1) is 0 Å². The third-order valence-corrected chi connectivity index (χ3v) is 4.87. The fourth-order valence-electron chi connectivity index (χ4n) is 2.47. The number of carbonyl (C=O) groups excluding carboxylic acids is 3. The van der Waals surface area contributed by atoms with Crippen molar-refractivity contribution in [3.63, 3.8) is 0 Å². The van der Waals surface area contributed by atoms with Crippen molar-refractivity contribution < 1.29 is 19.1 Å². The summed E-state index contributed by atoms with van der Waals surface area (Å²) in [6.07, 6.45) is 2.66. The van der Waals surface area contributed by atoms with Gasteiger partial charge in [0.1, 0.15) is 0 Å². The number of amidine groups is 1. The van der Waals surface area contributed by atoms with Crippen molar-refractivity contribution in [1.29, 1.82) is 0 Å². The summed E-state index contributed by atoms with van der Waals surface area (Å²) in [5, 5.41) is 10.7. The van der Waals surface area contributed by atoms with Gasteiger partial charge in [0.05, 0.1) is 18.2 Å². The molecule has 0 atom stereocenters. The average molecular weight is 407 g/mol. The Hall–Kier alpha value is -3.52. The van der Waals surface area contributed by atoms with Gasteiger partial charge in [0.15, 0.2) is 11.0 Å². The van der Waals surface area contributed by atoms with Gasteiger partial charge in [-0.2, -0.15) is 5.10 Å². The van der Waals surface area contributed by atoms with Crippen LogP contribution in [0.15, 0.2) is 69.7 Å². The van der Waals surface area contributed by atoms with Gasteiger partial charge in [0.2, 0.25) is 0 Å². The van der Waals surface area contributed by atoms with E-state index < -0.39 is 11.9 Å². The van der Waals surface area contributed by atoms with Crippen LogP contribution in [0.5, 0.6) is 0 Å². The van der Waals surface area contributed by atoms with Crippen molar-refractivity contribution in [3.05, 3.63) is 70.6 Å². The maximum absolute atomic E-state index is 11.7. The molecule has 1 heterocycles. The number of thioether (sulfide) groups is 1. The molecule has 2 aromatic carbocycles. The maximum atomic E-state index is 11.7. The third-order valence-electron chi connectivity index (χ3n) is 3.97. The molecule has 146 valence electrons. The lowest BCUT2D eigenvalue weighted by molar-refractivity contribution is -0.135. The zero-order valence-corrected chi connectivity index (χ0v) is 16.5. The van der Waals surface area contributed by atoms with Crippen LogP contribution in [-0.4, -0.2) is 36.2 Å². The molecule has 3 rings (SSSR count). The highest BCUT2D eigenvalue weighted by atomic mass is 32.2. The Bertz CT molecular complexity index is 1060. The second-order valence-corrected chi connectivity index (χ2v) is 7.03. The van der Waals surface area contributed by atoms with E-state index in [1.165, 1.54) is 7.11 Å². The number of nitrogens with one attached hydrogen (secondary N) is 1. The zero-order chi connectivity index (χ0) is 20.8. The molecule has 0 radical (unpaired) electrons. The number of amides is 1. The normalized spacial score (nSPS) is 16.4. The van der Waals surface area contributed by atoms with Crippen LogP contribution in [0.2, 0.25) is 0 Å². The second-order valence-electron chi connectivity index (χ2n) is 6.00. The SMILES string of the molecule is COC(=O)/C=C1/S/C(=N\N=Cc2ccc(-c3cccc(C(C)=O)c3)cc2)NC1=O. The van der Waals surface area contributed by atoms with Gasteiger partial charge in [-0.15, -0.1) is 5.10 Å². The first-order valence-electron chi connectivity index (χ1n) is 8.57. The molecule has 1 fully saturated rings. The Labute approximate surface area is 171 Å². The lowest BCUT2D eigenvalue weighted by Crippen LogP contribution is -2.19. The summed E-state index contributed by atoms with van der Waals surface area (Å²) in [7, 11) is 1.24. The number of hydrogen-bond acceptors (Lipinski definition) is 7. The van der Waals surface area contributed by atoms with E-state index in [0.717, 1.165) is 34.5 Å². The number of esters is 1. The highest BCUT2D eigenvalue weighted by Gasteiger charge is 2.24. The highest BCUT2D eigenvalue weighted by Crippen LogP contribution is 2.24. The van der Waals surface area contributed by atoms with Crippen molar-refractivity contribution in [3.8, 4) is 11.1 Å². The van der Waals surface area contributed by atoms with Crippen molar-refractivity contribution in [2.45, 2.75) is 6.92 Å². The average Bonchev–Trinajstić information content (AvgIpc) is 3.07. The number of rotatable bonds is 5. The third kappa shape index (κ3) is 5.26. The Kier molecular flexibility index (Phi) is 6.36. The topological polar surface area (TPSA) is 97.2 Å². The minimum Gasteiger partial charge on any atom is -0.466 e. The van der Waals surface area contributed by atoms with E-state index in [4.69, 9.17) is 0 Å². The molecule has 0 bridgehead atoms.